The summed E-state index contributed by atoms with van der Waals surface area (Å²) in [5.41, 5.74) is 1.90. The summed E-state index contributed by atoms with van der Waals surface area (Å²) in [5, 5.41) is 11.2. The Morgan fingerprint density at radius 3 is 2.55 bits per heavy atom. The van der Waals surface area contributed by atoms with Crippen molar-refractivity contribution in [3.05, 3.63) is 82.7 Å². The number of aromatic nitrogens is 4. The average molecular weight is 421 g/mol. The van der Waals surface area contributed by atoms with Crippen molar-refractivity contribution in [2.75, 3.05) is 7.11 Å². The Hall–Kier alpha value is -4.01. The molecule has 2 aromatic heterocycles. The van der Waals surface area contributed by atoms with Crippen LogP contribution in [-0.2, 0) is 11.3 Å². The molecule has 0 aliphatic rings. The van der Waals surface area contributed by atoms with E-state index in [-0.39, 0.29) is 29.8 Å². The first-order valence-electron chi connectivity index (χ1n) is 9.59. The summed E-state index contributed by atoms with van der Waals surface area (Å²) >= 11 is 0. The first-order valence-corrected chi connectivity index (χ1v) is 9.59. The highest BCUT2D eigenvalue weighted by atomic mass is 19.1. The number of hydrogen-bond donors (Lipinski definition) is 1. The molecule has 0 radical (unpaired) electrons. The SMILES string of the molecule is COc1ccc([C@H](C)NC(=O)Cn2ncn3nc(-c4ccc(F)cc4)cc3c2=O)cc1. The number of nitrogens with one attached hydrogen (secondary N) is 1. The first kappa shape index (κ1) is 20.3. The molecule has 0 saturated heterocycles. The number of fused-ring (bicyclic) bond motifs is 1. The Morgan fingerprint density at radius 1 is 1.16 bits per heavy atom. The molecule has 0 aliphatic heterocycles. The molecule has 1 amide bonds. The number of hydrogen-bond acceptors (Lipinski definition) is 5. The quantitative estimate of drug-likeness (QED) is 0.517. The molecular formula is C22H20FN5O3. The lowest BCUT2D eigenvalue weighted by Gasteiger charge is -2.15. The summed E-state index contributed by atoms with van der Waals surface area (Å²) in [6.07, 6.45) is 1.37. The minimum atomic E-state index is -0.449. The van der Waals surface area contributed by atoms with Crippen LogP contribution in [-0.4, -0.2) is 32.4 Å². The summed E-state index contributed by atoms with van der Waals surface area (Å²) in [7, 11) is 1.59. The highest BCUT2D eigenvalue weighted by Crippen LogP contribution is 2.19. The Balaban J connectivity index is 1.51. The van der Waals surface area contributed by atoms with Crippen molar-refractivity contribution >= 4 is 11.4 Å². The molecule has 4 aromatic rings. The number of methoxy groups -OCH3 is 1. The van der Waals surface area contributed by atoms with Crippen molar-refractivity contribution in [3.63, 3.8) is 0 Å². The largest absolute Gasteiger partial charge is 0.497 e. The molecule has 2 heterocycles. The second kappa shape index (κ2) is 8.39. The van der Waals surface area contributed by atoms with Gasteiger partial charge in [-0.15, -0.1) is 0 Å². The summed E-state index contributed by atoms with van der Waals surface area (Å²) in [6, 6.07) is 14.5. The molecule has 0 fully saturated rings. The normalized spacial score (nSPS) is 12.0. The Morgan fingerprint density at radius 2 is 1.87 bits per heavy atom. The predicted octanol–water partition coefficient (Wildman–Crippen LogP) is 2.58. The van der Waals surface area contributed by atoms with Gasteiger partial charge < -0.3 is 10.1 Å². The Kier molecular flexibility index (Phi) is 5.48. The summed E-state index contributed by atoms with van der Waals surface area (Å²) in [5.74, 6) is 0.0269. The van der Waals surface area contributed by atoms with E-state index in [0.717, 1.165) is 16.0 Å². The number of ether oxygens (including phenoxy) is 1. The first-order chi connectivity index (χ1) is 14.9. The predicted molar refractivity (Wildman–Crippen MR) is 112 cm³/mol. The van der Waals surface area contributed by atoms with Gasteiger partial charge in [-0.3, -0.25) is 9.59 Å². The molecule has 8 nitrogen and oxygen atoms in total. The monoisotopic (exact) mass is 421 g/mol. The molecule has 0 unspecified atom stereocenters. The summed E-state index contributed by atoms with van der Waals surface area (Å²) < 4.78 is 20.7. The standard InChI is InChI=1S/C22H20FN5O3/c1-14(15-5-9-18(31-2)10-6-15)25-21(29)12-27-22(30)20-11-19(26-28(20)13-24-27)16-3-7-17(23)8-4-16/h3-11,13-14H,12H2,1-2H3,(H,25,29)/t14-/m0/s1. The van der Waals surface area contributed by atoms with Gasteiger partial charge in [-0.05, 0) is 55.0 Å². The third kappa shape index (κ3) is 4.30. The number of amides is 1. The maximum atomic E-state index is 13.1. The summed E-state index contributed by atoms with van der Waals surface area (Å²) in [4.78, 5) is 25.2. The Bertz CT molecular complexity index is 1280. The van der Waals surface area contributed by atoms with E-state index in [1.54, 1.807) is 25.3 Å². The molecule has 2 aromatic carbocycles. The molecule has 158 valence electrons. The maximum Gasteiger partial charge on any atom is 0.293 e. The minimum Gasteiger partial charge on any atom is -0.497 e. The lowest BCUT2D eigenvalue weighted by atomic mass is 10.1. The van der Waals surface area contributed by atoms with Gasteiger partial charge in [-0.25, -0.2) is 13.6 Å². The second-order valence-electron chi connectivity index (χ2n) is 7.02. The Labute approximate surface area is 176 Å². The van der Waals surface area contributed by atoms with Crippen LogP contribution in [0.4, 0.5) is 4.39 Å². The smallest absolute Gasteiger partial charge is 0.293 e. The van der Waals surface area contributed by atoms with Crippen molar-refractivity contribution in [3.8, 4) is 17.0 Å². The van der Waals surface area contributed by atoms with E-state index in [0.29, 0.717) is 11.3 Å². The fourth-order valence-corrected chi connectivity index (χ4v) is 3.21. The number of benzene rings is 2. The van der Waals surface area contributed by atoms with Crippen LogP contribution in [0.15, 0.2) is 65.7 Å². The maximum absolute atomic E-state index is 13.1. The van der Waals surface area contributed by atoms with Crippen LogP contribution in [0.1, 0.15) is 18.5 Å². The average Bonchev–Trinajstić information content (AvgIpc) is 3.21. The van der Waals surface area contributed by atoms with Crippen molar-refractivity contribution in [1.29, 1.82) is 0 Å². The molecule has 0 saturated carbocycles. The van der Waals surface area contributed by atoms with E-state index >= 15 is 0 Å². The van der Waals surface area contributed by atoms with Gasteiger partial charge in [0, 0.05) is 5.56 Å². The van der Waals surface area contributed by atoms with Crippen molar-refractivity contribution in [1.82, 2.24) is 24.7 Å². The van der Waals surface area contributed by atoms with Crippen LogP contribution in [0.3, 0.4) is 0 Å². The van der Waals surface area contributed by atoms with Gasteiger partial charge in [0.25, 0.3) is 5.56 Å². The lowest BCUT2D eigenvalue weighted by Crippen LogP contribution is -2.35. The van der Waals surface area contributed by atoms with E-state index in [1.165, 1.54) is 23.0 Å². The van der Waals surface area contributed by atoms with Crippen LogP contribution >= 0.6 is 0 Å². The van der Waals surface area contributed by atoms with Gasteiger partial charge in [-0.1, -0.05) is 12.1 Å². The van der Waals surface area contributed by atoms with Gasteiger partial charge in [0.05, 0.1) is 18.8 Å². The third-order valence-corrected chi connectivity index (χ3v) is 4.92. The van der Waals surface area contributed by atoms with Crippen LogP contribution < -0.4 is 15.6 Å². The third-order valence-electron chi connectivity index (χ3n) is 4.92. The van der Waals surface area contributed by atoms with Gasteiger partial charge in [0.2, 0.25) is 5.91 Å². The number of nitrogens with zero attached hydrogens (tertiary/aromatic N) is 4. The topological polar surface area (TPSA) is 90.5 Å². The number of rotatable bonds is 6. The molecule has 4 rings (SSSR count). The highest BCUT2D eigenvalue weighted by Gasteiger charge is 2.14. The molecule has 9 heteroatoms. The molecule has 1 atom stereocenters. The molecule has 0 aliphatic carbocycles. The van der Waals surface area contributed by atoms with E-state index in [9.17, 15) is 14.0 Å². The summed E-state index contributed by atoms with van der Waals surface area (Å²) in [6.45, 7) is 1.62. The zero-order chi connectivity index (χ0) is 22.0. The highest BCUT2D eigenvalue weighted by molar-refractivity contribution is 5.76. The molecule has 31 heavy (non-hydrogen) atoms. The zero-order valence-corrected chi connectivity index (χ0v) is 16.9. The lowest BCUT2D eigenvalue weighted by molar-refractivity contribution is -0.122. The van der Waals surface area contributed by atoms with E-state index in [1.807, 2.05) is 31.2 Å². The van der Waals surface area contributed by atoms with Crippen LogP contribution in [0.2, 0.25) is 0 Å². The molecular weight excluding hydrogens is 401 g/mol. The number of carbonyl (C=O) groups is 1. The molecule has 0 bridgehead atoms. The van der Waals surface area contributed by atoms with Gasteiger partial charge in [0.15, 0.2) is 0 Å². The van der Waals surface area contributed by atoms with E-state index in [2.05, 4.69) is 15.5 Å². The molecule has 0 spiro atoms. The number of halogens is 1. The number of carbonyl (C=O) groups excluding carboxylic acids is 1. The van der Waals surface area contributed by atoms with Crippen LogP contribution in [0.5, 0.6) is 5.75 Å². The van der Waals surface area contributed by atoms with E-state index in [4.69, 9.17) is 4.74 Å². The van der Waals surface area contributed by atoms with Crippen molar-refractivity contribution < 1.29 is 13.9 Å². The zero-order valence-electron chi connectivity index (χ0n) is 16.9. The van der Waals surface area contributed by atoms with Crippen LogP contribution in [0.25, 0.3) is 16.8 Å². The minimum absolute atomic E-state index is 0.229. The fourth-order valence-electron chi connectivity index (χ4n) is 3.21. The van der Waals surface area contributed by atoms with Crippen molar-refractivity contribution in [2.24, 2.45) is 0 Å². The van der Waals surface area contributed by atoms with Gasteiger partial charge >= 0.3 is 0 Å². The second-order valence-corrected chi connectivity index (χ2v) is 7.02. The molecule has 1 N–H and O–H groups in total. The fraction of sp³-hybridized carbons (Fsp3) is 0.182. The van der Waals surface area contributed by atoms with Gasteiger partial charge in [0.1, 0.15) is 30.0 Å². The van der Waals surface area contributed by atoms with Crippen molar-refractivity contribution in [2.45, 2.75) is 19.5 Å². The van der Waals surface area contributed by atoms with Gasteiger partial charge in [-0.2, -0.15) is 10.2 Å². The van der Waals surface area contributed by atoms with Crippen LogP contribution in [0, 0.1) is 5.82 Å². The van der Waals surface area contributed by atoms with E-state index < -0.39 is 5.56 Å².